The Hall–Kier alpha value is -0.790. The Morgan fingerprint density at radius 1 is 1.44 bits per heavy atom. The average Bonchev–Trinajstić information content (AvgIpc) is 2.24. The SMILES string of the molecule is CS(=O)(=O)CCSCc1ccc(Cl)c([N+](=O)[O-])c1. The number of sulfone groups is 1. The van der Waals surface area contributed by atoms with Crippen molar-refractivity contribution in [2.24, 2.45) is 0 Å². The fourth-order valence-corrected chi connectivity index (χ4v) is 3.62. The van der Waals surface area contributed by atoms with Gasteiger partial charge in [0.25, 0.3) is 5.69 Å². The standard InChI is InChI=1S/C10H12ClNO4S2/c1-18(15,16)5-4-17-7-8-2-3-9(11)10(6-8)12(13)14/h2-3,6H,4-5,7H2,1H3. The molecule has 5 nitrogen and oxygen atoms in total. The first kappa shape index (κ1) is 15.3. The summed E-state index contributed by atoms with van der Waals surface area (Å²) in [4.78, 5) is 10.1. The number of hydrogen-bond acceptors (Lipinski definition) is 5. The van der Waals surface area contributed by atoms with E-state index in [-0.39, 0.29) is 16.5 Å². The van der Waals surface area contributed by atoms with Crippen LogP contribution in [0.5, 0.6) is 0 Å². The highest BCUT2D eigenvalue weighted by Crippen LogP contribution is 2.26. The summed E-state index contributed by atoms with van der Waals surface area (Å²) in [5.41, 5.74) is 0.627. The van der Waals surface area contributed by atoms with Gasteiger partial charge in [-0.15, -0.1) is 0 Å². The minimum absolute atomic E-state index is 0.102. The molecular formula is C10H12ClNO4S2. The van der Waals surface area contributed by atoms with Gasteiger partial charge in [0, 0.05) is 23.8 Å². The van der Waals surface area contributed by atoms with Crippen LogP contribution in [0.1, 0.15) is 5.56 Å². The van der Waals surface area contributed by atoms with Crippen LogP contribution in [0.15, 0.2) is 18.2 Å². The van der Waals surface area contributed by atoms with E-state index in [1.165, 1.54) is 30.2 Å². The Morgan fingerprint density at radius 2 is 2.11 bits per heavy atom. The zero-order valence-corrected chi connectivity index (χ0v) is 12.0. The van der Waals surface area contributed by atoms with Gasteiger partial charge in [-0.05, 0) is 11.6 Å². The van der Waals surface area contributed by atoms with Crippen molar-refractivity contribution >= 4 is 38.9 Å². The molecule has 0 saturated carbocycles. The summed E-state index contributed by atoms with van der Waals surface area (Å²) < 4.78 is 21.8. The Labute approximate surface area is 115 Å². The Bertz CT molecular complexity index is 545. The first-order valence-corrected chi connectivity index (χ1v) is 8.57. The fraction of sp³-hybridized carbons (Fsp3) is 0.400. The van der Waals surface area contributed by atoms with Crippen LogP contribution in [0.3, 0.4) is 0 Å². The van der Waals surface area contributed by atoms with E-state index in [1.54, 1.807) is 6.07 Å². The highest BCUT2D eigenvalue weighted by molar-refractivity contribution is 7.99. The van der Waals surface area contributed by atoms with Crippen LogP contribution in [-0.4, -0.2) is 31.1 Å². The molecule has 0 saturated heterocycles. The average molecular weight is 310 g/mol. The van der Waals surface area contributed by atoms with Crippen molar-refractivity contribution in [1.29, 1.82) is 0 Å². The highest BCUT2D eigenvalue weighted by atomic mass is 35.5. The molecule has 0 aromatic heterocycles. The fourth-order valence-electron chi connectivity index (χ4n) is 1.19. The summed E-state index contributed by atoms with van der Waals surface area (Å²) in [7, 11) is -2.96. The number of hydrogen-bond donors (Lipinski definition) is 0. The van der Waals surface area contributed by atoms with E-state index in [2.05, 4.69) is 0 Å². The Morgan fingerprint density at radius 3 is 2.67 bits per heavy atom. The topological polar surface area (TPSA) is 77.3 Å². The summed E-state index contributed by atoms with van der Waals surface area (Å²) >= 11 is 7.10. The largest absolute Gasteiger partial charge is 0.288 e. The molecule has 18 heavy (non-hydrogen) atoms. The van der Waals surface area contributed by atoms with Gasteiger partial charge in [-0.1, -0.05) is 17.7 Å². The van der Waals surface area contributed by atoms with Gasteiger partial charge in [0.1, 0.15) is 14.9 Å². The van der Waals surface area contributed by atoms with Crippen LogP contribution in [0.25, 0.3) is 0 Å². The van der Waals surface area contributed by atoms with Crippen LogP contribution in [0, 0.1) is 10.1 Å². The summed E-state index contributed by atoms with van der Waals surface area (Å²) in [6.45, 7) is 0. The van der Waals surface area contributed by atoms with E-state index < -0.39 is 14.8 Å². The molecule has 8 heteroatoms. The van der Waals surface area contributed by atoms with E-state index in [0.29, 0.717) is 11.5 Å². The third-order valence-corrected chi connectivity index (χ3v) is 4.63. The van der Waals surface area contributed by atoms with Crippen molar-refractivity contribution < 1.29 is 13.3 Å². The summed E-state index contributed by atoms with van der Waals surface area (Å²) in [6, 6.07) is 4.59. The molecule has 1 aromatic carbocycles. The monoisotopic (exact) mass is 309 g/mol. The van der Waals surface area contributed by atoms with E-state index in [0.717, 1.165) is 5.56 Å². The van der Waals surface area contributed by atoms with Crippen LogP contribution in [-0.2, 0) is 15.6 Å². The second-order valence-corrected chi connectivity index (χ2v) is 7.50. The maximum atomic E-state index is 10.9. The van der Waals surface area contributed by atoms with Crippen molar-refractivity contribution in [2.75, 3.05) is 17.8 Å². The van der Waals surface area contributed by atoms with Gasteiger partial charge >= 0.3 is 0 Å². The van der Waals surface area contributed by atoms with Crippen molar-refractivity contribution in [3.05, 3.63) is 38.9 Å². The molecule has 100 valence electrons. The van der Waals surface area contributed by atoms with Gasteiger partial charge in [-0.25, -0.2) is 8.42 Å². The zero-order chi connectivity index (χ0) is 13.8. The Kier molecular flexibility index (Phi) is 5.43. The van der Waals surface area contributed by atoms with Gasteiger partial charge in [0.2, 0.25) is 0 Å². The predicted octanol–water partition coefficient (Wildman–Crippen LogP) is 2.53. The minimum Gasteiger partial charge on any atom is -0.258 e. The maximum absolute atomic E-state index is 10.9. The normalized spacial score (nSPS) is 11.4. The van der Waals surface area contributed by atoms with Crippen molar-refractivity contribution in [3.63, 3.8) is 0 Å². The number of halogens is 1. The van der Waals surface area contributed by atoms with Crippen molar-refractivity contribution in [2.45, 2.75) is 5.75 Å². The third kappa shape index (κ3) is 5.24. The molecule has 1 rings (SSSR count). The lowest BCUT2D eigenvalue weighted by molar-refractivity contribution is -0.384. The number of rotatable bonds is 6. The molecule has 0 radical (unpaired) electrons. The smallest absolute Gasteiger partial charge is 0.258 e. The lowest BCUT2D eigenvalue weighted by atomic mass is 10.2. The molecule has 0 fully saturated rings. The lowest BCUT2D eigenvalue weighted by Crippen LogP contribution is -2.05. The lowest BCUT2D eigenvalue weighted by Gasteiger charge is -2.02. The van der Waals surface area contributed by atoms with Crippen LogP contribution in [0.2, 0.25) is 5.02 Å². The van der Waals surface area contributed by atoms with E-state index >= 15 is 0 Å². The molecule has 0 amide bonds. The summed E-state index contributed by atoms with van der Waals surface area (Å²) in [6.07, 6.45) is 1.18. The summed E-state index contributed by atoms with van der Waals surface area (Å²) in [5.74, 6) is 1.09. The number of nitro benzene ring substituents is 1. The quantitative estimate of drug-likeness (QED) is 0.458. The number of nitrogens with zero attached hydrogens (tertiary/aromatic N) is 1. The van der Waals surface area contributed by atoms with Crippen LogP contribution < -0.4 is 0 Å². The Balaban J connectivity index is 2.58. The molecule has 1 aromatic rings. The van der Waals surface area contributed by atoms with Gasteiger partial charge in [0.05, 0.1) is 10.7 Å². The second-order valence-electron chi connectivity index (χ2n) is 3.73. The zero-order valence-electron chi connectivity index (χ0n) is 9.63. The van der Waals surface area contributed by atoms with Gasteiger partial charge in [0.15, 0.2) is 0 Å². The number of thioether (sulfide) groups is 1. The first-order chi connectivity index (χ1) is 8.29. The molecule has 0 atom stereocenters. The van der Waals surface area contributed by atoms with Crippen LogP contribution >= 0.6 is 23.4 Å². The van der Waals surface area contributed by atoms with Crippen LogP contribution in [0.4, 0.5) is 5.69 Å². The second kappa shape index (κ2) is 6.40. The predicted molar refractivity (Wildman–Crippen MR) is 74.0 cm³/mol. The molecule has 0 aliphatic heterocycles. The minimum atomic E-state index is -2.96. The molecule has 0 spiro atoms. The first-order valence-electron chi connectivity index (χ1n) is 4.98. The van der Waals surface area contributed by atoms with Crippen molar-refractivity contribution in [3.8, 4) is 0 Å². The van der Waals surface area contributed by atoms with Crippen molar-refractivity contribution in [1.82, 2.24) is 0 Å². The molecule has 0 aliphatic carbocycles. The third-order valence-electron chi connectivity index (χ3n) is 2.07. The molecule has 0 bridgehead atoms. The van der Waals surface area contributed by atoms with Gasteiger partial charge in [-0.2, -0.15) is 11.8 Å². The molecule has 0 N–H and O–H groups in total. The highest BCUT2D eigenvalue weighted by Gasteiger charge is 2.12. The number of benzene rings is 1. The molecular weight excluding hydrogens is 298 g/mol. The molecule has 0 unspecified atom stereocenters. The van der Waals surface area contributed by atoms with Gasteiger partial charge < -0.3 is 0 Å². The molecule has 0 aliphatic rings. The van der Waals surface area contributed by atoms with E-state index in [1.807, 2.05) is 0 Å². The summed E-state index contributed by atoms with van der Waals surface area (Å²) in [5, 5.41) is 10.8. The van der Waals surface area contributed by atoms with Gasteiger partial charge in [-0.3, -0.25) is 10.1 Å². The van der Waals surface area contributed by atoms with E-state index in [9.17, 15) is 18.5 Å². The molecule has 0 heterocycles. The maximum Gasteiger partial charge on any atom is 0.288 e. The number of nitro groups is 1. The van der Waals surface area contributed by atoms with E-state index in [4.69, 9.17) is 11.6 Å².